The maximum Gasteiger partial charge on any atom is 0.143 e. The average molecular weight is 245 g/mol. The first-order valence-electron chi connectivity index (χ1n) is 6.43. The highest BCUT2D eigenvalue weighted by Crippen LogP contribution is 2.36. The smallest absolute Gasteiger partial charge is 0.143 e. The molecule has 96 valence electrons. The second kappa shape index (κ2) is 5.36. The molecular weight excluding hydrogens is 226 g/mol. The summed E-state index contributed by atoms with van der Waals surface area (Å²) in [5, 5.41) is 22.3. The lowest BCUT2D eigenvalue weighted by molar-refractivity contribution is 0.00958. The van der Waals surface area contributed by atoms with Crippen LogP contribution in [0.15, 0.2) is 18.3 Å². The number of aromatic nitrogens is 1. The van der Waals surface area contributed by atoms with Crippen LogP contribution in [0, 0.1) is 16.7 Å². The van der Waals surface area contributed by atoms with Crippen LogP contribution >= 0.6 is 0 Å². The van der Waals surface area contributed by atoms with E-state index in [1.807, 2.05) is 0 Å². The molecule has 0 radical (unpaired) electrons. The van der Waals surface area contributed by atoms with Crippen LogP contribution in [-0.4, -0.2) is 22.7 Å². The Morgan fingerprint density at radius 3 is 3.17 bits per heavy atom. The fourth-order valence-corrected chi connectivity index (χ4v) is 2.51. The Labute approximate surface area is 108 Å². The lowest BCUT2D eigenvalue weighted by Gasteiger charge is -2.38. The molecule has 0 saturated heterocycles. The van der Waals surface area contributed by atoms with Gasteiger partial charge in [0.25, 0.3) is 0 Å². The number of hydrogen-bond acceptors (Lipinski definition) is 4. The Bertz CT molecular complexity index is 455. The minimum atomic E-state index is -0.270. The highest BCUT2D eigenvalue weighted by atomic mass is 16.3. The van der Waals surface area contributed by atoms with Gasteiger partial charge in [-0.15, -0.1) is 0 Å². The number of nitrogens with zero attached hydrogens (tertiary/aromatic N) is 2. The summed E-state index contributed by atoms with van der Waals surface area (Å²) in [6, 6.07) is 5.62. The van der Waals surface area contributed by atoms with Gasteiger partial charge in [-0.1, -0.05) is 19.8 Å². The lowest BCUT2D eigenvalue weighted by atomic mass is 9.73. The molecule has 2 N–H and O–H groups in total. The van der Waals surface area contributed by atoms with Crippen molar-refractivity contribution in [3.8, 4) is 6.07 Å². The van der Waals surface area contributed by atoms with Gasteiger partial charge >= 0.3 is 0 Å². The van der Waals surface area contributed by atoms with Gasteiger partial charge in [0.1, 0.15) is 11.9 Å². The molecule has 1 aliphatic rings. The minimum absolute atomic E-state index is 0.123. The SMILES string of the molecule is CC1(CNc2ncccc2C#N)CCCCC1O. The molecule has 1 heterocycles. The Balaban J connectivity index is 2.05. The molecule has 0 bridgehead atoms. The lowest BCUT2D eigenvalue weighted by Crippen LogP contribution is -2.41. The van der Waals surface area contributed by atoms with Crippen LogP contribution in [0.1, 0.15) is 38.2 Å². The van der Waals surface area contributed by atoms with Crippen LogP contribution in [0.5, 0.6) is 0 Å². The van der Waals surface area contributed by atoms with Crippen molar-refractivity contribution in [3.63, 3.8) is 0 Å². The van der Waals surface area contributed by atoms with Gasteiger partial charge in [0, 0.05) is 18.2 Å². The Kier molecular flexibility index (Phi) is 3.83. The highest BCUT2D eigenvalue weighted by Gasteiger charge is 2.35. The quantitative estimate of drug-likeness (QED) is 0.857. The molecule has 0 aromatic carbocycles. The summed E-state index contributed by atoms with van der Waals surface area (Å²) in [6.07, 6.45) is 5.53. The van der Waals surface area contributed by atoms with Gasteiger partial charge in [-0.05, 0) is 25.0 Å². The number of pyridine rings is 1. The zero-order valence-electron chi connectivity index (χ0n) is 10.7. The van der Waals surface area contributed by atoms with E-state index in [1.165, 1.54) is 0 Å². The van der Waals surface area contributed by atoms with Gasteiger partial charge in [0.15, 0.2) is 0 Å². The number of aliphatic hydroxyl groups excluding tert-OH is 1. The summed E-state index contributed by atoms with van der Waals surface area (Å²) in [5.41, 5.74) is 0.425. The average Bonchev–Trinajstić information content (AvgIpc) is 2.40. The van der Waals surface area contributed by atoms with Crippen molar-refractivity contribution in [2.45, 2.75) is 38.7 Å². The Morgan fingerprint density at radius 1 is 1.61 bits per heavy atom. The van der Waals surface area contributed by atoms with Crippen LogP contribution in [-0.2, 0) is 0 Å². The number of nitrogens with one attached hydrogen (secondary N) is 1. The first-order chi connectivity index (χ1) is 8.65. The van der Waals surface area contributed by atoms with Crippen molar-refractivity contribution < 1.29 is 5.11 Å². The summed E-state index contributed by atoms with van der Waals surface area (Å²) in [5.74, 6) is 0.610. The van der Waals surface area contributed by atoms with Gasteiger partial charge in [-0.2, -0.15) is 5.26 Å². The molecule has 2 unspecified atom stereocenters. The van der Waals surface area contributed by atoms with Crippen molar-refractivity contribution in [3.05, 3.63) is 23.9 Å². The molecule has 1 fully saturated rings. The first kappa shape index (κ1) is 12.8. The topological polar surface area (TPSA) is 68.9 Å². The number of nitriles is 1. The van der Waals surface area contributed by atoms with Crippen molar-refractivity contribution in [1.82, 2.24) is 4.98 Å². The van der Waals surface area contributed by atoms with Crippen LogP contribution in [0.2, 0.25) is 0 Å². The summed E-state index contributed by atoms with van der Waals surface area (Å²) < 4.78 is 0. The molecule has 0 aliphatic heterocycles. The molecular formula is C14H19N3O. The van der Waals surface area contributed by atoms with E-state index < -0.39 is 0 Å². The number of aliphatic hydroxyl groups is 1. The third kappa shape index (κ3) is 2.62. The monoisotopic (exact) mass is 245 g/mol. The zero-order valence-corrected chi connectivity index (χ0v) is 10.7. The van der Waals surface area contributed by atoms with Crippen molar-refractivity contribution in [1.29, 1.82) is 5.26 Å². The third-order valence-electron chi connectivity index (χ3n) is 3.87. The van der Waals surface area contributed by atoms with E-state index in [1.54, 1.807) is 18.3 Å². The second-order valence-electron chi connectivity index (χ2n) is 5.28. The summed E-state index contributed by atoms with van der Waals surface area (Å²) >= 11 is 0. The molecule has 1 aromatic rings. The van der Waals surface area contributed by atoms with E-state index in [4.69, 9.17) is 5.26 Å². The first-order valence-corrected chi connectivity index (χ1v) is 6.43. The molecule has 1 aromatic heterocycles. The molecule has 4 heteroatoms. The third-order valence-corrected chi connectivity index (χ3v) is 3.87. The predicted molar refractivity (Wildman–Crippen MR) is 70.0 cm³/mol. The van der Waals surface area contributed by atoms with Gasteiger partial charge < -0.3 is 10.4 Å². The van der Waals surface area contributed by atoms with Crippen molar-refractivity contribution in [2.24, 2.45) is 5.41 Å². The van der Waals surface area contributed by atoms with Crippen molar-refractivity contribution >= 4 is 5.82 Å². The Morgan fingerprint density at radius 2 is 2.44 bits per heavy atom. The highest BCUT2D eigenvalue weighted by molar-refractivity contribution is 5.51. The zero-order chi connectivity index (χ0) is 13.0. The van der Waals surface area contributed by atoms with E-state index in [0.29, 0.717) is 17.9 Å². The van der Waals surface area contributed by atoms with Gasteiger partial charge in [0.2, 0.25) is 0 Å². The van der Waals surface area contributed by atoms with E-state index in [-0.39, 0.29) is 11.5 Å². The minimum Gasteiger partial charge on any atom is -0.392 e. The fourth-order valence-electron chi connectivity index (χ4n) is 2.51. The van der Waals surface area contributed by atoms with Gasteiger partial charge in [0.05, 0.1) is 11.7 Å². The van der Waals surface area contributed by atoms with Crippen LogP contribution in [0.4, 0.5) is 5.82 Å². The Hall–Kier alpha value is -1.60. The van der Waals surface area contributed by atoms with Crippen LogP contribution in [0.3, 0.4) is 0 Å². The normalized spacial score (nSPS) is 27.5. The summed E-state index contributed by atoms with van der Waals surface area (Å²) in [6.45, 7) is 2.75. The summed E-state index contributed by atoms with van der Waals surface area (Å²) in [7, 11) is 0. The van der Waals surface area contributed by atoms with E-state index in [2.05, 4.69) is 23.3 Å². The molecule has 0 amide bonds. The molecule has 4 nitrogen and oxygen atoms in total. The molecule has 18 heavy (non-hydrogen) atoms. The maximum atomic E-state index is 10.1. The van der Waals surface area contributed by atoms with Crippen LogP contribution in [0.25, 0.3) is 0 Å². The molecule has 2 atom stereocenters. The van der Waals surface area contributed by atoms with E-state index >= 15 is 0 Å². The number of hydrogen-bond donors (Lipinski definition) is 2. The molecule has 0 spiro atoms. The number of anilines is 1. The van der Waals surface area contributed by atoms with E-state index in [0.717, 1.165) is 25.7 Å². The van der Waals surface area contributed by atoms with Gasteiger partial charge in [-0.3, -0.25) is 0 Å². The van der Waals surface area contributed by atoms with Crippen molar-refractivity contribution in [2.75, 3.05) is 11.9 Å². The van der Waals surface area contributed by atoms with Gasteiger partial charge in [-0.25, -0.2) is 4.98 Å². The van der Waals surface area contributed by atoms with E-state index in [9.17, 15) is 5.11 Å². The molecule has 2 rings (SSSR count). The van der Waals surface area contributed by atoms with Crippen LogP contribution < -0.4 is 5.32 Å². The maximum absolute atomic E-state index is 10.1. The summed E-state index contributed by atoms with van der Waals surface area (Å²) in [4.78, 5) is 4.17. The molecule has 1 aliphatic carbocycles. The largest absolute Gasteiger partial charge is 0.392 e. The fraction of sp³-hybridized carbons (Fsp3) is 0.571. The standard InChI is InChI=1S/C14H19N3O/c1-14(7-3-2-6-12(14)18)10-17-13-11(9-15)5-4-8-16-13/h4-5,8,12,18H,2-3,6-7,10H2,1H3,(H,16,17). The second-order valence-corrected chi connectivity index (χ2v) is 5.28. The number of rotatable bonds is 3. The molecule has 1 saturated carbocycles. The predicted octanol–water partition coefficient (Wildman–Crippen LogP) is 2.31.